The van der Waals surface area contributed by atoms with E-state index in [1.54, 1.807) is 0 Å². The molecular formula is C19H24N4O3S. The molecule has 0 unspecified atom stereocenters. The molecule has 8 heteroatoms. The lowest BCUT2D eigenvalue weighted by Gasteiger charge is -2.22. The quantitative estimate of drug-likeness (QED) is 0.850. The van der Waals surface area contributed by atoms with Crippen LogP contribution in [0.5, 0.6) is 0 Å². The van der Waals surface area contributed by atoms with Crippen LogP contribution in [0.15, 0.2) is 41.8 Å². The van der Waals surface area contributed by atoms with Gasteiger partial charge < -0.3 is 9.88 Å². The number of benzene rings is 1. The van der Waals surface area contributed by atoms with Crippen LogP contribution in [-0.2, 0) is 27.8 Å². The van der Waals surface area contributed by atoms with Gasteiger partial charge in [0, 0.05) is 18.8 Å². The van der Waals surface area contributed by atoms with Crippen LogP contribution in [0.4, 0.5) is 5.69 Å². The maximum atomic E-state index is 13.0. The molecule has 0 saturated heterocycles. The summed E-state index contributed by atoms with van der Waals surface area (Å²) in [6, 6.07) is 7.74. The third-order valence-corrected chi connectivity index (χ3v) is 7.00. The number of nitrogens with zero attached hydrogens (tertiary/aromatic N) is 3. The minimum Gasteiger partial charge on any atom is -0.352 e. The molecule has 27 heavy (non-hydrogen) atoms. The van der Waals surface area contributed by atoms with Gasteiger partial charge in [-0.3, -0.25) is 9.10 Å². The molecule has 0 spiro atoms. The van der Waals surface area contributed by atoms with Gasteiger partial charge in [0.2, 0.25) is 5.91 Å². The second-order valence-corrected chi connectivity index (χ2v) is 9.05. The molecule has 1 aromatic heterocycles. The molecule has 0 radical (unpaired) electrons. The van der Waals surface area contributed by atoms with E-state index in [4.69, 9.17) is 0 Å². The average molecular weight is 388 g/mol. The zero-order valence-electron chi connectivity index (χ0n) is 15.2. The minimum atomic E-state index is -3.72. The topological polar surface area (TPSA) is 84.3 Å². The van der Waals surface area contributed by atoms with Gasteiger partial charge in [0.1, 0.15) is 6.54 Å². The number of aromatic nitrogens is 2. The number of para-hydroxylation sites is 1. The lowest BCUT2D eigenvalue weighted by Crippen LogP contribution is -2.38. The summed E-state index contributed by atoms with van der Waals surface area (Å²) in [6.45, 7) is 0.492. The normalized spacial score (nSPS) is 17.7. The van der Waals surface area contributed by atoms with Gasteiger partial charge in [-0.1, -0.05) is 37.5 Å². The van der Waals surface area contributed by atoms with Crippen LogP contribution in [-0.4, -0.2) is 36.5 Å². The van der Waals surface area contributed by atoms with Crippen molar-refractivity contribution in [1.82, 2.24) is 14.9 Å². The first-order valence-electron chi connectivity index (χ1n) is 9.46. The fraction of sp³-hybridized carbons (Fsp3) is 0.474. The molecule has 4 rings (SSSR count). The van der Waals surface area contributed by atoms with E-state index in [9.17, 15) is 13.2 Å². The standard InChI is InChI=1S/C19H24N4O3S/c24-18(21-16-7-2-1-3-8-16)12-22-13-19(20-14-22)27(25,26)23-11-10-15-6-4-5-9-17(15)23/h4-6,9,13-14,16H,1-3,7-8,10-12H2,(H,21,24). The Morgan fingerprint density at radius 2 is 1.96 bits per heavy atom. The largest absolute Gasteiger partial charge is 0.352 e. The third-order valence-electron chi connectivity index (χ3n) is 5.30. The number of hydrogen-bond acceptors (Lipinski definition) is 4. The van der Waals surface area contributed by atoms with Gasteiger partial charge in [-0.2, -0.15) is 8.42 Å². The van der Waals surface area contributed by atoms with E-state index in [0.717, 1.165) is 31.2 Å². The van der Waals surface area contributed by atoms with Crippen molar-refractivity contribution in [3.63, 3.8) is 0 Å². The molecular weight excluding hydrogens is 364 g/mol. The van der Waals surface area contributed by atoms with E-state index in [0.29, 0.717) is 18.7 Å². The number of amides is 1. The Labute approximate surface area is 159 Å². The molecule has 2 heterocycles. The molecule has 1 fully saturated rings. The highest BCUT2D eigenvalue weighted by Crippen LogP contribution is 2.32. The van der Waals surface area contributed by atoms with Crippen LogP contribution in [0.3, 0.4) is 0 Å². The van der Waals surface area contributed by atoms with E-state index in [-0.39, 0.29) is 23.5 Å². The predicted octanol–water partition coefficient (Wildman–Crippen LogP) is 2.08. The van der Waals surface area contributed by atoms with Crippen molar-refractivity contribution in [3.05, 3.63) is 42.4 Å². The van der Waals surface area contributed by atoms with E-state index in [1.807, 2.05) is 24.3 Å². The van der Waals surface area contributed by atoms with E-state index in [2.05, 4.69) is 10.3 Å². The molecule has 0 bridgehead atoms. The molecule has 1 aliphatic heterocycles. The van der Waals surface area contributed by atoms with Crippen molar-refractivity contribution in [2.24, 2.45) is 0 Å². The van der Waals surface area contributed by atoms with E-state index in [1.165, 1.54) is 27.8 Å². The maximum absolute atomic E-state index is 13.0. The van der Waals surface area contributed by atoms with E-state index < -0.39 is 10.0 Å². The first-order chi connectivity index (χ1) is 13.0. The van der Waals surface area contributed by atoms with Gasteiger partial charge in [-0.05, 0) is 30.9 Å². The molecule has 2 aliphatic rings. The number of imidazole rings is 1. The number of anilines is 1. The van der Waals surface area contributed by atoms with Crippen molar-refractivity contribution in [2.75, 3.05) is 10.8 Å². The summed E-state index contributed by atoms with van der Waals surface area (Å²) in [4.78, 5) is 16.3. The highest BCUT2D eigenvalue weighted by atomic mass is 32.2. The fourth-order valence-corrected chi connectivity index (χ4v) is 5.36. The summed E-state index contributed by atoms with van der Waals surface area (Å²) < 4.78 is 28.9. The van der Waals surface area contributed by atoms with Crippen molar-refractivity contribution in [3.8, 4) is 0 Å². The van der Waals surface area contributed by atoms with Gasteiger partial charge in [0.05, 0.1) is 12.0 Å². The monoisotopic (exact) mass is 388 g/mol. The van der Waals surface area contributed by atoms with Crippen molar-refractivity contribution in [1.29, 1.82) is 0 Å². The van der Waals surface area contributed by atoms with Crippen LogP contribution in [0.2, 0.25) is 0 Å². The number of carbonyl (C=O) groups is 1. The van der Waals surface area contributed by atoms with Crippen LogP contribution in [0, 0.1) is 0 Å². The molecule has 0 atom stereocenters. The van der Waals surface area contributed by atoms with Crippen LogP contribution in [0.1, 0.15) is 37.7 Å². The van der Waals surface area contributed by atoms with E-state index >= 15 is 0 Å². The van der Waals surface area contributed by atoms with Gasteiger partial charge in [-0.25, -0.2) is 4.98 Å². The first kappa shape index (κ1) is 18.0. The Morgan fingerprint density at radius 3 is 2.78 bits per heavy atom. The summed E-state index contributed by atoms with van der Waals surface area (Å²) >= 11 is 0. The highest BCUT2D eigenvalue weighted by molar-refractivity contribution is 7.92. The second kappa shape index (κ2) is 7.34. The summed E-state index contributed by atoms with van der Waals surface area (Å²) in [5.41, 5.74) is 1.73. The van der Waals surface area contributed by atoms with Gasteiger partial charge in [0.15, 0.2) is 5.03 Å². The number of sulfonamides is 1. The van der Waals surface area contributed by atoms with Crippen LogP contribution < -0.4 is 9.62 Å². The number of fused-ring (bicyclic) bond motifs is 1. The van der Waals surface area contributed by atoms with Crippen molar-refractivity contribution < 1.29 is 13.2 Å². The van der Waals surface area contributed by atoms with Crippen molar-refractivity contribution in [2.45, 2.75) is 56.1 Å². The molecule has 144 valence electrons. The van der Waals surface area contributed by atoms with Crippen molar-refractivity contribution >= 4 is 21.6 Å². The Hall–Kier alpha value is -2.35. The summed E-state index contributed by atoms with van der Waals surface area (Å²) in [7, 11) is -3.72. The Bertz CT molecular complexity index is 932. The highest BCUT2D eigenvalue weighted by Gasteiger charge is 2.32. The second-order valence-electron chi connectivity index (χ2n) is 7.24. The molecule has 2 aromatic rings. The Kier molecular flexibility index (Phi) is 4.90. The number of nitrogens with one attached hydrogen (secondary N) is 1. The molecule has 1 saturated carbocycles. The predicted molar refractivity (Wildman–Crippen MR) is 102 cm³/mol. The third kappa shape index (κ3) is 3.71. The summed E-state index contributed by atoms with van der Waals surface area (Å²) in [5.74, 6) is -0.102. The van der Waals surface area contributed by atoms with Gasteiger partial charge >= 0.3 is 0 Å². The number of hydrogen-bond donors (Lipinski definition) is 1. The molecule has 7 nitrogen and oxygen atoms in total. The van der Waals surface area contributed by atoms with Gasteiger partial charge in [0.25, 0.3) is 10.0 Å². The number of carbonyl (C=O) groups excluding carboxylic acids is 1. The Morgan fingerprint density at radius 1 is 1.19 bits per heavy atom. The zero-order valence-corrected chi connectivity index (χ0v) is 16.0. The summed E-state index contributed by atoms with van der Waals surface area (Å²) in [6.07, 6.45) is 9.11. The lowest BCUT2D eigenvalue weighted by atomic mass is 9.95. The zero-order chi connectivity index (χ0) is 18.9. The van der Waals surface area contributed by atoms with Crippen LogP contribution in [0.25, 0.3) is 0 Å². The average Bonchev–Trinajstić information content (AvgIpc) is 3.30. The Balaban J connectivity index is 1.45. The smallest absolute Gasteiger partial charge is 0.283 e. The fourth-order valence-electron chi connectivity index (χ4n) is 3.92. The maximum Gasteiger partial charge on any atom is 0.283 e. The number of rotatable bonds is 5. The van der Waals surface area contributed by atoms with Crippen LogP contribution >= 0.6 is 0 Å². The first-order valence-corrected chi connectivity index (χ1v) is 10.9. The molecule has 1 N–H and O–H groups in total. The minimum absolute atomic E-state index is 0.0235. The lowest BCUT2D eigenvalue weighted by molar-refractivity contribution is -0.122. The molecule has 1 amide bonds. The summed E-state index contributed by atoms with van der Waals surface area (Å²) in [5, 5.41) is 3.01. The molecule has 1 aliphatic carbocycles. The van der Waals surface area contributed by atoms with Gasteiger partial charge in [-0.15, -0.1) is 0 Å². The molecule has 1 aromatic carbocycles. The SMILES string of the molecule is O=C(Cn1cnc(S(=O)(=O)N2CCc3ccccc32)c1)NC1CCCCC1.